The highest BCUT2D eigenvalue weighted by Crippen LogP contribution is 2.71. The molecular weight excluding hydrogens is 455 g/mol. The number of imidazole rings is 1. The van der Waals surface area contributed by atoms with E-state index in [4.69, 9.17) is 0 Å². The molecule has 0 aromatic carbocycles. The van der Waals surface area contributed by atoms with E-state index in [9.17, 15) is 0 Å². The molecule has 0 atom stereocenters. The Morgan fingerprint density at radius 1 is 0.389 bits per heavy atom. The van der Waals surface area contributed by atoms with E-state index in [1.807, 2.05) is 5.20 Å². The smallest absolute Gasteiger partial charge is 0.108 e. The standard InChI is InChI=1S/C33H57N2P/c1-6-16-28(17-7-1)34-26-27-35(29-18-8-2-9-19-29)33(34)36(30-20-10-3-11-21-30,31-22-12-4-13-23-31)32-24-14-5-15-25-32/h26-32H,1-25H2. The maximum absolute atomic E-state index is 3.05. The van der Waals surface area contributed by atoms with Gasteiger partial charge in [0.2, 0.25) is 0 Å². The summed E-state index contributed by atoms with van der Waals surface area (Å²) in [4.78, 5) is 0. The van der Waals surface area contributed by atoms with Gasteiger partial charge in [0.15, 0.2) is 0 Å². The Hall–Kier alpha value is -0.360. The summed E-state index contributed by atoms with van der Waals surface area (Å²) in [5, 5.41) is 2.02. The number of rotatable bonds is 5. The van der Waals surface area contributed by atoms with Crippen molar-refractivity contribution in [3.05, 3.63) is 17.6 Å². The Kier molecular flexibility index (Phi) is 8.79. The minimum atomic E-state index is -1.31. The second kappa shape index (κ2) is 12.2. The molecule has 36 heavy (non-hydrogen) atoms. The lowest BCUT2D eigenvalue weighted by molar-refractivity contribution is 0.325. The molecule has 1 aromatic heterocycles. The van der Waals surface area contributed by atoms with Gasteiger partial charge in [-0.25, -0.2) is 0 Å². The number of hydrogen-bond acceptors (Lipinski definition) is 0. The highest BCUT2D eigenvalue weighted by atomic mass is 31.2. The van der Waals surface area contributed by atoms with Gasteiger partial charge in [0, 0.05) is 24.5 Å². The molecule has 1 aromatic rings. The maximum atomic E-state index is 3.05. The first-order valence-electron chi connectivity index (χ1n) is 16.9. The van der Waals surface area contributed by atoms with Crippen molar-refractivity contribution in [3.8, 4) is 0 Å². The normalized spacial score (nSPS) is 27.4. The van der Waals surface area contributed by atoms with E-state index in [0.717, 1.165) is 29.1 Å². The van der Waals surface area contributed by atoms with E-state index < -0.39 is 6.89 Å². The first-order chi connectivity index (χ1) is 17.9. The lowest BCUT2D eigenvalue weighted by Gasteiger charge is -2.50. The molecule has 5 saturated carbocycles. The second-order valence-electron chi connectivity index (χ2n) is 13.7. The minimum absolute atomic E-state index is 0.800. The van der Waals surface area contributed by atoms with Crippen LogP contribution in [-0.4, -0.2) is 26.1 Å². The Bertz CT molecular complexity index is 804. The summed E-state index contributed by atoms with van der Waals surface area (Å²) in [5.74, 6) is 0. The van der Waals surface area contributed by atoms with Gasteiger partial charge in [-0.15, -0.1) is 0 Å². The highest BCUT2D eigenvalue weighted by molar-refractivity contribution is 7.70. The molecule has 0 saturated heterocycles. The van der Waals surface area contributed by atoms with Crippen LogP contribution in [0.5, 0.6) is 0 Å². The van der Waals surface area contributed by atoms with Crippen LogP contribution in [0.15, 0.2) is 12.4 Å². The Labute approximate surface area is 223 Å². The van der Waals surface area contributed by atoms with Crippen molar-refractivity contribution < 1.29 is 0 Å². The fourth-order valence-electron chi connectivity index (χ4n) is 10.0. The largest absolute Gasteiger partial charge is 0.330 e. The van der Waals surface area contributed by atoms with E-state index in [-0.39, 0.29) is 0 Å². The molecule has 0 unspecified atom stereocenters. The monoisotopic (exact) mass is 512 g/mol. The summed E-state index contributed by atoms with van der Waals surface area (Å²) in [6.45, 7) is -1.31. The molecule has 204 valence electrons. The summed E-state index contributed by atoms with van der Waals surface area (Å²) >= 11 is 0. The van der Waals surface area contributed by atoms with E-state index in [2.05, 4.69) is 21.5 Å². The lowest BCUT2D eigenvalue weighted by atomic mass is 9.95. The van der Waals surface area contributed by atoms with Crippen LogP contribution in [0.25, 0.3) is 0 Å². The topological polar surface area (TPSA) is 9.86 Å². The predicted molar refractivity (Wildman–Crippen MR) is 157 cm³/mol. The molecule has 0 N–H and O–H groups in total. The number of nitrogens with zero attached hydrogens (tertiary/aromatic N) is 2. The van der Waals surface area contributed by atoms with Gasteiger partial charge in [-0.05, 0) is 81.2 Å². The van der Waals surface area contributed by atoms with Gasteiger partial charge in [-0.3, -0.25) is 0 Å². The van der Waals surface area contributed by atoms with Crippen molar-refractivity contribution in [1.82, 2.24) is 9.13 Å². The van der Waals surface area contributed by atoms with Crippen molar-refractivity contribution in [2.24, 2.45) is 0 Å². The van der Waals surface area contributed by atoms with E-state index >= 15 is 0 Å². The Balaban J connectivity index is 1.65. The van der Waals surface area contributed by atoms with Crippen LogP contribution in [0, 0.1) is 5.20 Å². The molecule has 6 rings (SSSR count). The molecule has 3 heteroatoms. The molecule has 0 aliphatic heterocycles. The average Bonchev–Trinajstić information content (AvgIpc) is 3.42. The summed E-state index contributed by atoms with van der Waals surface area (Å²) in [6.07, 6.45) is 43.1. The Morgan fingerprint density at radius 2 is 0.667 bits per heavy atom. The fraction of sp³-hybridized carbons (Fsp3) is 0.909. The molecule has 0 radical (unpaired) electrons. The van der Waals surface area contributed by atoms with Crippen LogP contribution in [0.2, 0.25) is 0 Å². The third kappa shape index (κ3) is 5.00. The quantitative estimate of drug-likeness (QED) is 0.347. The van der Waals surface area contributed by atoms with Crippen molar-refractivity contribution in [1.29, 1.82) is 0 Å². The molecule has 5 fully saturated rings. The van der Waals surface area contributed by atoms with Crippen LogP contribution in [0.4, 0.5) is 0 Å². The second-order valence-corrected chi connectivity index (χ2v) is 18.0. The molecule has 0 bridgehead atoms. The predicted octanol–water partition coefficient (Wildman–Crippen LogP) is 10.8. The van der Waals surface area contributed by atoms with Crippen molar-refractivity contribution in [2.45, 2.75) is 190 Å². The molecular formula is C33H57N2P. The van der Waals surface area contributed by atoms with Crippen molar-refractivity contribution in [2.75, 3.05) is 0 Å². The van der Waals surface area contributed by atoms with Gasteiger partial charge in [0.1, 0.15) is 5.20 Å². The molecule has 0 spiro atoms. The van der Waals surface area contributed by atoms with Crippen LogP contribution < -0.4 is 0 Å². The number of aromatic nitrogens is 2. The number of hydrogen-bond donors (Lipinski definition) is 0. The van der Waals surface area contributed by atoms with Crippen LogP contribution in [0.3, 0.4) is 0 Å². The zero-order chi connectivity index (χ0) is 24.2. The molecule has 0 amide bonds. The van der Waals surface area contributed by atoms with Gasteiger partial charge in [0.25, 0.3) is 0 Å². The summed E-state index contributed by atoms with van der Waals surface area (Å²) < 4.78 is 6.11. The minimum Gasteiger partial charge on any atom is -0.330 e. The van der Waals surface area contributed by atoms with E-state index in [1.165, 1.54) is 122 Å². The maximum Gasteiger partial charge on any atom is 0.108 e. The average molecular weight is 513 g/mol. The SMILES string of the molecule is c1cn(C2CCCCC2)c(=P(C2CCCCC2)(C2CCCCC2)C2CCCCC2)n1C1CCCCC1. The van der Waals surface area contributed by atoms with Gasteiger partial charge >= 0.3 is 0 Å². The van der Waals surface area contributed by atoms with E-state index in [1.54, 1.807) is 38.5 Å². The van der Waals surface area contributed by atoms with Gasteiger partial charge < -0.3 is 9.13 Å². The first kappa shape index (κ1) is 25.9. The summed E-state index contributed by atoms with van der Waals surface area (Å²) in [7, 11) is 0. The first-order valence-corrected chi connectivity index (χ1v) is 18.9. The van der Waals surface area contributed by atoms with Gasteiger partial charge in [-0.2, -0.15) is 0 Å². The highest BCUT2D eigenvalue weighted by Gasteiger charge is 2.45. The van der Waals surface area contributed by atoms with Gasteiger partial charge in [-0.1, -0.05) is 103 Å². The zero-order valence-corrected chi connectivity index (χ0v) is 24.5. The third-order valence-corrected chi connectivity index (χ3v) is 18.0. The lowest BCUT2D eigenvalue weighted by Crippen LogP contribution is -2.34. The van der Waals surface area contributed by atoms with Crippen LogP contribution in [-0.2, 0) is 0 Å². The molecule has 2 nitrogen and oxygen atoms in total. The van der Waals surface area contributed by atoms with Crippen LogP contribution >= 0.6 is 6.89 Å². The van der Waals surface area contributed by atoms with E-state index in [0.29, 0.717) is 0 Å². The zero-order valence-electron chi connectivity index (χ0n) is 23.6. The third-order valence-electron chi connectivity index (χ3n) is 11.7. The molecule has 1 heterocycles. The van der Waals surface area contributed by atoms with Crippen molar-refractivity contribution >= 4 is 6.89 Å². The summed E-state index contributed by atoms with van der Waals surface area (Å²) in [5.41, 5.74) is 3.14. The molecule has 5 aliphatic rings. The van der Waals surface area contributed by atoms with Crippen molar-refractivity contribution in [3.63, 3.8) is 0 Å². The Morgan fingerprint density at radius 3 is 0.972 bits per heavy atom. The van der Waals surface area contributed by atoms with Gasteiger partial charge in [0.05, 0.1) is 0 Å². The summed E-state index contributed by atoms with van der Waals surface area (Å²) in [6, 6.07) is 1.60. The van der Waals surface area contributed by atoms with Crippen LogP contribution in [0.1, 0.15) is 173 Å². The fourth-order valence-corrected chi connectivity index (χ4v) is 17.7. The molecule has 5 aliphatic carbocycles.